The van der Waals surface area contributed by atoms with Crippen LogP contribution in [0.4, 0.5) is 0 Å². The molecule has 48 heavy (non-hydrogen) atoms. The summed E-state index contributed by atoms with van der Waals surface area (Å²) in [7, 11) is 0. The number of hydrogen-bond acceptors (Lipinski definition) is 7. The molecule has 0 aliphatic heterocycles. The van der Waals surface area contributed by atoms with E-state index in [0.29, 0.717) is 50.8 Å². The normalized spacial score (nSPS) is 25.5. The molecule has 7 heteroatoms. The summed E-state index contributed by atoms with van der Waals surface area (Å²) in [4.78, 5) is 16.1. The Morgan fingerprint density at radius 2 is 1.85 bits per heavy atom. The molecule has 3 aromatic carbocycles. The summed E-state index contributed by atoms with van der Waals surface area (Å²) in [6, 6.07) is 23.8. The number of aliphatic hydroxyl groups is 4. The van der Waals surface area contributed by atoms with E-state index in [0.717, 1.165) is 40.3 Å². The minimum atomic E-state index is -1.16. The van der Waals surface area contributed by atoms with Crippen molar-refractivity contribution in [2.24, 2.45) is 5.41 Å². The average molecular weight is 652 g/mol. The molecule has 0 saturated heterocycles. The van der Waals surface area contributed by atoms with Crippen molar-refractivity contribution in [3.8, 4) is 0 Å². The van der Waals surface area contributed by atoms with Gasteiger partial charge in [0.25, 0.3) is 0 Å². The lowest BCUT2D eigenvalue weighted by Crippen LogP contribution is -2.53. The maximum Gasteiger partial charge on any atom is 0.228 e. The first-order chi connectivity index (χ1) is 23.1. The molecule has 7 rings (SSSR count). The van der Waals surface area contributed by atoms with E-state index in [1.807, 2.05) is 36.4 Å². The number of ketones is 1. The zero-order valence-electron chi connectivity index (χ0n) is 28.1. The van der Waals surface area contributed by atoms with Gasteiger partial charge in [0.1, 0.15) is 0 Å². The molecule has 1 saturated carbocycles. The van der Waals surface area contributed by atoms with E-state index in [-0.39, 0.29) is 30.6 Å². The molecule has 7 nitrogen and oxygen atoms in total. The third kappa shape index (κ3) is 7.07. The second kappa shape index (κ2) is 14.5. The summed E-state index contributed by atoms with van der Waals surface area (Å²) >= 11 is 0. The van der Waals surface area contributed by atoms with Crippen molar-refractivity contribution in [2.45, 2.75) is 89.1 Å². The number of carbonyl (C=O) groups excluding carboxylic acids is 1. The van der Waals surface area contributed by atoms with Crippen LogP contribution in [0.1, 0.15) is 91.1 Å². The predicted octanol–water partition coefficient (Wildman–Crippen LogP) is 6.56. The summed E-state index contributed by atoms with van der Waals surface area (Å²) in [6.07, 6.45) is 6.77. The van der Waals surface area contributed by atoms with Crippen LogP contribution in [0.2, 0.25) is 0 Å². The van der Waals surface area contributed by atoms with E-state index in [1.54, 1.807) is 12.1 Å². The van der Waals surface area contributed by atoms with E-state index in [4.69, 9.17) is 4.42 Å². The minimum absolute atomic E-state index is 0.130. The maximum absolute atomic E-state index is 14.0. The van der Waals surface area contributed by atoms with Gasteiger partial charge in [-0.25, -0.2) is 0 Å². The van der Waals surface area contributed by atoms with Crippen LogP contribution in [-0.4, -0.2) is 68.6 Å². The Hall–Kier alpha value is -3.59. The Labute approximate surface area is 283 Å². The van der Waals surface area contributed by atoms with E-state index in [2.05, 4.69) is 49.1 Å². The monoisotopic (exact) mass is 651 g/mol. The van der Waals surface area contributed by atoms with Gasteiger partial charge in [0.05, 0.1) is 30.7 Å². The molecule has 1 fully saturated rings. The number of aliphatic hydroxyl groups excluding tert-OH is 3. The van der Waals surface area contributed by atoms with Crippen LogP contribution in [0.25, 0.3) is 10.8 Å². The Morgan fingerprint density at radius 3 is 2.65 bits per heavy atom. The summed E-state index contributed by atoms with van der Waals surface area (Å²) in [5.74, 6) is -0.0624. The third-order valence-corrected chi connectivity index (χ3v) is 11.1. The molecule has 3 aliphatic carbocycles. The number of nitrogens with zero attached hydrogens (tertiary/aromatic N) is 1. The second-order valence-corrected chi connectivity index (χ2v) is 14.4. The molecule has 0 amide bonds. The lowest BCUT2D eigenvalue weighted by molar-refractivity contribution is -0.0907. The highest BCUT2D eigenvalue weighted by Gasteiger charge is 2.57. The molecule has 2 bridgehead atoms. The molecular weight excluding hydrogens is 602 g/mol. The highest BCUT2D eigenvalue weighted by molar-refractivity contribution is 6.08. The van der Waals surface area contributed by atoms with Gasteiger partial charge in [-0.2, -0.15) is 0 Å². The lowest BCUT2D eigenvalue weighted by Gasteiger charge is -2.46. The van der Waals surface area contributed by atoms with Crippen molar-refractivity contribution in [2.75, 3.05) is 19.7 Å². The van der Waals surface area contributed by atoms with Crippen LogP contribution in [0.5, 0.6) is 0 Å². The van der Waals surface area contributed by atoms with Crippen LogP contribution < -0.4 is 0 Å². The van der Waals surface area contributed by atoms with Gasteiger partial charge in [-0.05, 0) is 103 Å². The smallest absolute Gasteiger partial charge is 0.228 e. The summed E-state index contributed by atoms with van der Waals surface area (Å²) in [5.41, 5.74) is 2.87. The van der Waals surface area contributed by atoms with Gasteiger partial charge in [0.2, 0.25) is 5.78 Å². The van der Waals surface area contributed by atoms with Crippen molar-refractivity contribution in [1.29, 1.82) is 0 Å². The lowest BCUT2D eigenvalue weighted by atomic mass is 9.64. The summed E-state index contributed by atoms with van der Waals surface area (Å²) < 4.78 is 5.57. The van der Waals surface area contributed by atoms with Crippen LogP contribution in [0.3, 0.4) is 0 Å². The largest absolute Gasteiger partial charge is 0.461 e. The fraction of sp³-hybridized carbons (Fsp3) is 0.439. The molecule has 5 unspecified atom stereocenters. The number of benzene rings is 3. The van der Waals surface area contributed by atoms with Gasteiger partial charge in [0.15, 0.2) is 5.76 Å². The number of allylic oxidation sites excluding steroid dienone is 2. The molecule has 1 heterocycles. The van der Waals surface area contributed by atoms with Crippen molar-refractivity contribution < 1.29 is 29.6 Å². The van der Waals surface area contributed by atoms with Gasteiger partial charge in [-0.15, -0.1) is 0 Å². The van der Waals surface area contributed by atoms with E-state index >= 15 is 0 Å². The quantitative estimate of drug-likeness (QED) is 0.120. The molecule has 254 valence electrons. The van der Waals surface area contributed by atoms with E-state index in [1.165, 1.54) is 11.8 Å². The molecule has 4 N–H and O–H groups in total. The first-order valence-corrected chi connectivity index (χ1v) is 17.4. The van der Waals surface area contributed by atoms with Crippen molar-refractivity contribution in [3.63, 3.8) is 0 Å². The average Bonchev–Trinajstić information content (AvgIpc) is 3.70. The number of hydrogen-bond donors (Lipinski definition) is 4. The third-order valence-electron chi connectivity index (χ3n) is 11.1. The first kappa shape index (κ1) is 34.3. The van der Waals surface area contributed by atoms with Crippen molar-refractivity contribution in [3.05, 3.63) is 119 Å². The van der Waals surface area contributed by atoms with Gasteiger partial charge in [0, 0.05) is 30.6 Å². The fourth-order valence-corrected chi connectivity index (χ4v) is 8.32. The first-order valence-electron chi connectivity index (χ1n) is 17.4. The van der Waals surface area contributed by atoms with Crippen molar-refractivity contribution in [1.82, 2.24) is 4.90 Å². The highest BCUT2D eigenvalue weighted by Crippen LogP contribution is 2.59. The highest BCUT2D eigenvalue weighted by atomic mass is 16.3. The number of carbonyl (C=O) groups is 1. The van der Waals surface area contributed by atoms with Crippen molar-refractivity contribution >= 4 is 16.6 Å². The van der Waals surface area contributed by atoms with Gasteiger partial charge in [-0.3, -0.25) is 9.69 Å². The standard InChI is InChI=1S/C41H49NO6/c1-28-8-6-19-40(2)37(35-17-15-29(22-32(44)16-14-28)23-36(35)39(46)38-13-7-21-48-38)18-20-41(40,47)27-42(25-33(45)26-43)24-31-11-5-10-30-9-3-4-12-34(30)31/h3-5,7-13,15,17,21,23,32-33,37,43-45,47H,6,14,16,18-20,22,24-27H2,1-2H3. The summed E-state index contributed by atoms with van der Waals surface area (Å²) in [6.45, 7) is 4.91. The molecule has 5 atom stereocenters. The van der Waals surface area contributed by atoms with E-state index < -0.39 is 23.2 Å². The summed E-state index contributed by atoms with van der Waals surface area (Å²) in [5, 5.41) is 46.6. The Balaban J connectivity index is 1.41. The predicted molar refractivity (Wildman–Crippen MR) is 188 cm³/mol. The molecule has 0 spiro atoms. The number of rotatable bonds is 9. The van der Waals surface area contributed by atoms with Crippen LogP contribution in [0, 0.1) is 5.41 Å². The minimum Gasteiger partial charge on any atom is -0.461 e. The number of furan rings is 1. The molecule has 4 aromatic rings. The van der Waals surface area contributed by atoms with Gasteiger partial charge in [-0.1, -0.05) is 73.2 Å². The zero-order chi connectivity index (χ0) is 33.9. The topological polar surface area (TPSA) is 114 Å². The Bertz CT molecular complexity index is 1740. The van der Waals surface area contributed by atoms with Gasteiger partial charge < -0.3 is 24.8 Å². The maximum atomic E-state index is 14.0. The Morgan fingerprint density at radius 1 is 1.04 bits per heavy atom. The molecule has 0 radical (unpaired) electrons. The van der Waals surface area contributed by atoms with Crippen LogP contribution in [0.15, 0.2) is 95.1 Å². The van der Waals surface area contributed by atoms with Gasteiger partial charge >= 0.3 is 0 Å². The zero-order valence-corrected chi connectivity index (χ0v) is 28.1. The molecule has 1 aromatic heterocycles. The van der Waals surface area contributed by atoms with Crippen LogP contribution in [-0.2, 0) is 13.0 Å². The van der Waals surface area contributed by atoms with Crippen LogP contribution >= 0.6 is 0 Å². The second-order valence-electron chi connectivity index (χ2n) is 14.4. The number of fused-ring (bicyclic) bond motifs is 9. The SMILES string of the molecule is CC1=CCCC2(C)C(CCC2(O)CN(Cc2cccc3ccccc23)CC(O)CO)c2ccc(cc2C(=O)c2ccco2)CC(O)CC1. The molecule has 3 aliphatic rings. The van der Waals surface area contributed by atoms with E-state index in [9.17, 15) is 25.2 Å². The molecular formula is C41H49NO6. The fourth-order valence-electron chi connectivity index (χ4n) is 8.32. The Kier molecular flexibility index (Phi) is 10.3.